The number of carbonyl (C=O) groups excluding carboxylic acids is 1. The average Bonchev–Trinajstić information content (AvgIpc) is 3.71. The fourth-order valence-electron chi connectivity index (χ4n) is 9.30. The molecule has 1 aromatic heterocycles. The Bertz CT molecular complexity index is 1540. The maximum atomic E-state index is 12.2. The van der Waals surface area contributed by atoms with Gasteiger partial charge in [0.15, 0.2) is 5.70 Å². The summed E-state index contributed by atoms with van der Waals surface area (Å²) in [4.78, 5) is 18.9. The lowest BCUT2D eigenvalue weighted by Crippen LogP contribution is -2.52. The molecule has 0 saturated heterocycles. The number of hydroxylamine groups is 2. The predicted octanol–water partition coefficient (Wildman–Crippen LogP) is 7.12. The molecule has 5 fully saturated rings. The van der Waals surface area contributed by atoms with E-state index in [9.17, 15) is 4.79 Å². The van der Waals surface area contributed by atoms with Gasteiger partial charge in [0.25, 0.3) is 5.89 Å². The molecule has 3 aromatic rings. The van der Waals surface area contributed by atoms with Crippen LogP contribution >= 0.6 is 0 Å². The van der Waals surface area contributed by atoms with E-state index in [0.717, 1.165) is 47.6 Å². The Balaban J connectivity index is 1.14. The molecule has 1 atom stereocenters. The van der Waals surface area contributed by atoms with E-state index in [0.29, 0.717) is 42.0 Å². The van der Waals surface area contributed by atoms with Gasteiger partial charge in [-0.05, 0) is 98.8 Å². The van der Waals surface area contributed by atoms with E-state index in [1.807, 2.05) is 29.3 Å². The van der Waals surface area contributed by atoms with Gasteiger partial charge < -0.3 is 19.2 Å². The zero-order valence-corrected chi connectivity index (χ0v) is 26.7. The number of benzene rings is 2. The van der Waals surface area contributed by atoms with Gasteiger partial charge in [0.1, 0.15) is 12.8 Å². The number of nitrogens with one attached hydrogen (secondary N) is 1. The first-order chi connectivity index (χ1) is 22.6. The van der Waals surface area contributed by atoms with Crippen molar-refractivity contribution < 1.29 is 23.5 Å². The molecular weight excluding hydrogens is 580 g/mol. The first-order valence-corrected chi connectivity index (χ1v) is 17.2. The maximum absolute atomic E-state index is 12.2. The van der Waals surface area contributed by atoms with E-state index >= 15 is 0 Å². The lowest BCUT2D eigenvalue weighted by atomic mass is 9.54. The molecule has 9 heteroatoms. The van der Waals surface area contributed by atoms with Crippen molar-refractivity contribution in [1.29, 1.82) is 0 Å². The molecule has 46 heavy (non-hydrogen) atoms. The third kappa shape index (κ3) is 5.84. The van der Waals surface area contributed by atoms with Crippen molar-refractivity contribution in [3.8, 4) is 11.5 Å². The van der Waals surface area contributed by atoms with Gasteiger partial charge in [0, 0.05) is 5.56 Å². The molecule has 1 aliphatic heterocycles. The van der Waals surface area contributed by atoms with Crippen molar-refractivity contribution in [2.45, 2.75) is 89.0 Å². The van der Waals surface area contributed by atoms with E-state index < -0.39 is 5.97 Å². The lowest BCUT2D eigenvalue weighted by Gasteiger charge is -2.56. The van der Waals surface area contributed by atoms with Crippen LogP contribution in [0, 0.1) is 23.7 Å². The molecule has 2 aromatic carbocycles. The Hall–Kier alpha value is -3.69. The zero-order chi connectivity index (χ0) is 31.1. The molecule has 4 bridgehead atoms. The average molecular weight is 625 g/mol. The molecule has 1 unspecified atom stereocenters. The molecule has 2 heterocycles. The number of ether oxygens (including phenoxy) is 2. The number of hydrogen-bond donors (Lipinski definition) is 1. The van der Waals surface area contributed by atoms with Gasteiger partial charge in [-0.25, -0.2) is 9.86 Å². The Morgan fingerprint density at radius 2 is 1.63 bits per heavy atom. The zero-order valence-electron chi connectivity index (χ0n) is 26.7. The summed E-state index contributed by atoms with van der Waals surface area (Å²) in [6.07, 6.45) is 13.5. The largest absolute Gasteiger partial charge is 0.465 e. The first-order valence-electron chi connectivity index (χ1n) is 17.2. The normalized spacial score (nSPS) is 28.9. The van der Waals surface area contributed by atoms with Crippen LogP contribution in [0.15, 0.2) is 64.7 Å². The number of methoxy groups -OCH3 is 1. The van der Waals surface area contributed by atoms with Gasteiger partial charge in [0.2, 0.25) is 5.89 Å². The van der Waals surface area contributed by atoms with Crippen molar-refractivity contribution in [2.75, 3.05) is 13.7 Å². The number of carbonyl (C=O) groups is 1. The van der Waals surface area contributed by atoms with Crippen molar-refractivity contribution in [2.24, 2.45) is 23.7 Å². The van der Waals surface area contributed by atoms with E-state index in [4.69, 9.17) is 18.7 Å². The van der Waals surface area contributed by atoms with E-state index in [-0.39, 0.29) is 11.8 Å². The molecule has 242 valence electrons. The van der Waals surface area contributed by atoms with E-state index in [2.05, 4.69) is 27.6 Å². The summed E-state index contributed by atoms with van der Waals surface area (Å²) in [5.74, 6) is 3.11. The van der Waals surface area contributed by atoms with Crippen molar-refractivity contribution in [3.05, 3.63) is 77.3 Å². The molecule has 1 N–H and O–H groups in total. The highest BCUT2D eigenvalue weighted by atomic mass is 16.7. The second kappa shape index (κ2) is 12.5. The minimum atomic E-state index is -0.413. The highest BCUT2D eigenvalue weighted by molar-refractivity contribution is 5.90. The van der Waals surface area contributed by atoms with Crippen LogP contribution in [0.5, 0.6) is 0 Å². The maximum Gasteiger partial charge on any atom is 0.337 e. The van der Waals surface area contributed by atoms with Gasteiger partial charge in [-0.1, -0.05) is 55.7 Å². The van der Waals surface area contributed by atoms with Crippen molar-refractivity contribution in [3.63, 3.8) is 0 Å². The lowest BCUT2D eigenvalue weighted by molar-refractivity contribution is -0.162. The summed E-state index contributed by atoms with van der Waals surface area (Å²) in [6, 6.07) is 17.3. The molecule has 5 aliphatic carbocycles. The third-order valence-electron chi connectivity index (χ3n) is 11.1. The Labute approximate surface area is 270 Å². The van der Waals surface area contributed by atoms with Crippen LogP contribution in [0.2, 0.25) is 0 Å². The van der Waals surface area contributed by atoms with Crippen LogP contribution in [0.4, 0.5) is 0 Å². The quantitative estimate of drug-likeness (QED) is 0.236. The van der Waals surface area contributed by atoms with Crippen LogP contribution in [0.1, 0.15) is 92.4 Å². The van der Waals surface area contributed by atoms with Crippen molar-refractivity contribution in [1.82, 2.24) is 20.6 Å². The van der Waals surface area contributed by atoms with E-state index in [1.165, 1.54) is 64.9 Å². The first kappa shape index (κ1) is 29.7. The van der Waals surface area contributed by atoms with E-state index in [1.54, 1.807) is 18.2 Å². The van der Waals surface area contributed by atoms with Crippen LogP contribution in [0.3, 0.4) is 0 Å². The molecule has 6 aliphatic rings. The highest BCUT2D eigenvalue weighted by Crippen LogP contribution is 2.57. The number of esters is 1. The number of hydrogen-bond acceptors (Lipinski definition) is 9. The van der Waals surface area contributed by atoms with Gasteiger partial charge in [-0.15, -0.1) is 10.2 Å². The summed E-state index contributed by atoms with van der Waals surface area (Å²) in [6.45, 7) is 0.867. The SMILES string of the molecule is COC(=O)c1cccc(-c2nnc(C3=C(COC45CC6CC(CC(C6)C4)C5)NC(C4CCCCC4)N3OCc3ccccc3)o2)c1. The molecule has 5 saturated carbocycles. The Morgan fingerprint density at radius 1 is 0.913 bits per heavy atom. The molecule has 9 rings (SSSR count). The molecular formula is C37H44N4O5. The Kier molecular flexibility index (Phi) is 8.06. The number of nitrogens with zero attached hydrogens (tertiary/aromatic N) is 3. The minimum Gasteiger partial charge on any atom is -0.465 e. The highest BCUT2D eigenvalue weighted by Gasteiger charge is 2.52. The van der Waals surface area contributed by atoms with Gasteiger partial charge in [-0.3, -0.25) is 4.84 Å². The van der Waals surface area contributed by atoms with Crippen LogP contribution in [-0.4, -0.2) is 46.7 Å². The summed E-state index contributed by atoms with van der Waals surface area (Å²) < 4.78 is 18.4. The molecule has 0 amide bonds. The standard InChI is InChI=1S/C37H44N4O5/c1-43-36(42)30-14-8-13-29(18-30)34-39-40-35(46-34)32-31(23-44-37-19-25-15-26(20-37)17-27(16-25)21-37)38-33(28-11-6-3-7-12-28)41(32)45-22-24-9-4-2-5-10-24/h2,4-5,8-10,13-14,18,25-28,33,38H,3,6-7,11-12,15-17,19-23H2,1H3. The molecule has 0 spiro atoms. The summed E-state index contributed by atoms with van der Waals surface area (Å²) in [5.41, 5.74) is 3.82. The molecule has 9 nitrogen and oxygen atoms in total. The summed E-state index contributed by atoms with van der Waals surface area (Å²) in [7, 11) is 1.37. The summed E-state index contributed by atoms with van der Waals surface area (Å²) in [5, 5.41) is 14.9. The second-order valence-electron chi connectivity index (χ2n) is 14.3. The number of rotatable bonds is 10. The van der Waals surface area contributed by atoms with Crippen LogP contribution in [-0.2, 0) is 20.9 Å². The fraction of sp³-hybridized carbons (Fsp3) is 0.541. The smallest absolute Gasteiger partial charge is 0.337 e. The predicted molar refractivity (Wildman–Crippen MR) is 171 cm³/mol. The second-order valence-corrected chi connectivity index (χ2v) is 14.3. The van der Waals surface area contributed by atoms with Gasteiger partial charge in [0.05, 0.1) is 30.6 Å². The monoisotopic (exact) mass is 624 g/mol. The summed E-state index contributed by atoms with van der Waals surface area (Å²) >= 11 is 0. The van der Waals surface area contributed by atoms with Gasteiger partial charge in [-0.2, -0.15) is 0 Å². The van der Waals surface area contributed by atoms with Crippen molar-refractivity contribution >= 4 is 11.7 Å². The minimum absolute atomic E-state index is 0.0402. The van der Waals surface area contributed by atoms with Crippen LogP contribution in [0.25, 0.3) is 17.2 Å². The van der Waals surface area contributed by atoms with Gasteiger partial charge >= 0.3 is 5.97 Å². The fourth-order valence-corrected chi connectivity index (χ4v) is 9.30. The third-order valence-corrected chi connectivity index (χ3v) is 11.1. The Morgan fingerprint density at radius 3 is 2.35 bits per heavy atom. The number of aromatic nitrogens is 2. The topological polar surface area (TPSA) is 99.0 Å². The molecule has 0 radical (unpaired) electrons. The van der Waals surface area contributed by atoms with Crippen LogP contribution < -0.4 is 5.32 Å².